The number of amides is 2. The summed E-state index contributed by atoms with van der Waals surface area (Å²) < 4.78 is 5.53. The summed E-state index contributed by atoms with van der Waals surface area (Å²) in [6, 6.07) is 3.88. The maximum atomic E-state index is 12.6. The zero-order valence-electron chi connectivity index (χ0n) is 16.6. The Morgan fingerprint density at radius 1 is 1.38 bits per heavy atom. The number of nitrogens with zero attached hydrogens (tertiary/aromatic N) is 3. The van der Waals surface area contributed by atoms with E-state index < -0.39 is 11.7 Å². The molecule has 6 heteroatoms. The van der Waals surface area contributed by atoms with Gasteiger partial charge < -0.3 is 9.64 Å². The van der Waals surface area contributed by atoms with E-state index in [9.17, 15) is 9.59 Å². The SMILES string of the molecule is CC(C)CN(C(=O)OC(C)(C)C)c1ccc(C2CCCCN2C=O)cn1. The number of rotatable bonds is 5. The molecule has 0 aliphatic carbocycles. The van der Waals surface area contributed by atoms with Crippen LogP contribution in [-0.2, 0) is 9.53 Å². The predicted molar refractivity (Wildman–Crippen MR) is 102 cm³/mol. The van der Waals surface area contributed by atoms with E-state index in [-0.39, 0.29) is 12.0 Å². The normalized spacial score (nSPS) is 17.9. The first-order valence-electron chi connectivity index (χ1n) is 9.39. The summed E-state index contributed by atoms with van der Waals surface area (Å²) >= 11 is 0. The lowest BCUT2D eigenvalue weighted by atomic mass is 9.97. The molecule has 6 nitrogen and oxygen atoms in total. The molecule has 1 aliphatic heterocycles. The Bertz CT molecular complexity index is 608. The molecule has 2 heterocycles. The third-order valence-corrected chi connectivity index (χ3v) is 4.27. The lowest BCUT2D eigenvalue weighted by Crippen LogP contribution is -2.39. The van der Waals surface area contributed by atoms with Gasteiger partial charge in [0, 0.05) is 19.3 Å². The van der Waals surface area contributed by atoms with Gasteiger partial charge in [-0.1, -0.05) is 19.9 Å². The number of hydrogen-bond acceptors (Lipinski definition) is 4. The van der Waals surface area contributed by atoms with E-state index in [2.05, 4.69) is 18.8 Å². The van der Waals surface area contributed by atoms with Gasteiger partial charge in [-0.2, -0.15) is 0 Å². The topological polar surface area (TPSA) is 62.7 Å². The van der Waals surface area contributed by atoms with Gasteiger partial charge in [0.05, 0.1) is 6.04 Å². The van der Waals surface area contributed by atoms with Gasteiger partial charge in [-0.3, -0.25) is 9.69 Å². The van der Waals surface area contributed by atoms with E-state index in [1.54, 1.807) is 11.1 Å². The molecule has 26 heavy (non-hydrogen) atoms. The number of pyridine rings is 1. The third-order valence-electron chi connectivity index (χ3n) is 4.27. The molecule has 2 rings (SSSR count). The Hall–Kier alpha value is -2.11. The van der Waals surface area contributed by atoms with Crippen LogP contribution in [0.15, 0.2) is 18.3 Å². The van der Waals surface area contributed by atoms with Crippen molar-refractivity contribution in [3.05, 3.63) is 23.9 Å². The van der Waals surface area contributed by atoms with Crippen LogP contribution in [0.5, 0.6) is 0 Å². The van der Waals surface area contributed by atoms with E-state index in [1.165, 1.54) is 0 Å². The standard InChI is InChI=1S/C20H31N3O3/c1-15(2)13-23(19(25)26-20(3,4)5)18-10-9-16(12-21-18)17-8-6-7-11-22(17)14-24/h9-10,12,14-15,17H,6-8,11,13H2,1-5H3. The van der Waals surface area contributed by atoms with Crippen molar-refractivity contribution in [1.29, 1.82) is 0 Å². The van der Waals surface area contributed by atoms with Gasteiger partial charge in [-0.15, -0.1) is 0 Å². The summed E-state index contributed by atoms with van der Waals surface area (Å²) in [7, 11) is 0. The molecule has 2 amide bonds. The van der Waals surface area contributed by atoms with Gasteiger partial charge in [0.2, 0.25) is 6.41 Å². The number of carbonyl (C=O) groups excluding carboxylic acids is 2. The van der Waals surface area contributed by atoms with Gasteiger partial charge in [-0.05, 0) is 57.6 Å². The second-order valence-corrected chi connectivity index (χ2v) is 8.29. The highest BCUT2D eigenvalue weighted by Gasteiger charge is 2.26. The average Bonchev–Trinajstić information content (AvgIpc) is 2.58. The maximum Gasteiger partial charge on any atom is 0.416 e. The summed E-state index contributed by atoms with van der Waals surface area (Å²) in [4.78, 5) is 31.8. The Morgan fingerprint density at radius 2 is 2.12 bits per heavy atom. The van der Waals surface area contributed by atoms with Crippen LogP contribution in [0.3, 0.4) is 0 Å². The largest absolute Gasteiger partial charge is 0.443 e. The fraction of sp³-hybridized carbons (Fsp3) is 0.650. The zero-order valence-corrected chi connectivity index (χ0v) is 16.6. The lowest BCUT2D eigenvalue weighted by molar-refractivity contribution is -0.121. The molecule has 0 N–H and O–H groups in total. The first-order chi connectivity index (χ1) is 12.2. The van der Waals surface area contributed by atoms with Crippen molar-refractivity contribution in [3.8, 4) is 0 Å². The molecule has 0 saturated carbocycles. The van der Waals surface area contributed by atoms with Gasteiger partial charge in [-0.25, -0.2) is 9.78 Å². The van der Waals surface area contributed by atoms with Crippen LogP contribution in [0.25, 0.3) is 0 Å². The highest BCUT2D eigenvalue weighted by atomic mass is 16.6. The highest BCUT2D eigenvalue weighted by Crippen LogP contribution is 2.30. The Morgan fingerprint density at radius 3 is 2.65 bits per heavy atom. The van der Waals surface area contributed by atoms with E-state index in [0.717, 1.165) is 37.8 Å². The van der Waals surface area contributed by atoms with Crippen molar-refractivity contribution in [2.24, 2.45) is 5.92 Å². The molecule has 144 valence electrons. The van der Waals surface area contributed by atoms with Crippen LogP contribution < -0.4 is 4.90 Å². The monoisotopic (exact) mass is 361 g/mol. The fourth-order valence-electron chi connectivity index (χ4n) is 3.14. The van der Waals surface area contributed by atoms with Crippen molar-refractivity contribution >= 4 is 18.3 Å². The Labute approximate surface area is 156 Å². The Balaban J connectivity index is 2.21. The molecule has 1 unspecified atom stereocenters. The average molecular weight is 361 g/mol. The van der Waals surface area contributed by atoms with Crippen molar-refractivity contribution in [1.82, 2.24) is 9.88 Å². The minimum absolute atomic E-state index is 0.0721. The number of ether oxygens (including phenoxy) is 1. The van der Waals surface area contributed by atoms with Crippen LogP contribution in [0, 0.1) is 5.92 Å². The molecule has 0 aromatic carbocycles. The number of aromatic nitrogens is 1. The zero-order chi connectivity index (χ0) is 19.3. The van der Waals surface area contributed by atoms with E-state index in [1.807, 2.05) is 37.8 Å². The highest BCUT2D eigenvalue weighted by molar-refractivity contribution is 5.86. The smallest absolute Gasteiger partial charge is 0.416 e. The van der Waals surface area contributed by atoms with Crippen LogP contribution in [0.2, 0.25) is 0 Å². The quantitative estimate of drug-likeness (QED) is 0.739. The molecule has 0 bridgehead atoms. The van der Waals surface area contributed by atoms with E-state index >= 15 is 0 Å². The first kappa shape index (κ1) is 20.2. The summed E-state index contributed by atoms with van der Waals surface area (Å²) in [5.41, 5.74) is 0.452. The molecule has 1 fully saturated rings. The summed E-state index contributed by atoms with van der Waals surface area (Å²) in [6.07, 6.45) is 5.40. The van der Waals surface area contributed by atoms with Gasteiger partial charge >= 0.3 is 6.09 Å². The second-order valence-electron chi connectivity index (χ2n) is 8.29. The number of likely N-dealkylation sites (tertiary alicyclic amines) is 1. The van der Waals surface area contributed by atoms with Crippen molar-refractivity contribution in [2.75, 3.05) is 18.0 Å². The fourth-order valence-corrected chi connectivity index (χ4v) is 3.14. The van der Waals surface area contributed by atoms with Crippen molar-refractivity contribution in [2.45, 2.75) is 65.5 Å². The molecule has 1 atom stereocenters. The minimum atomic E-state index is -0.557. The molecule has 1 aliphatic rings. The molecule has 0 radical (unpaired) electrons. The molecule has 1 aromatic rings. The minimum Gasteiger partial charge on any atom is -0.443 e. The molecule has 1 aromatic heterocycles. The molecular weight excluding hydrogens is 330 g/mol. The third kappa shape index (κ3) is 5.44. The van der Waals surface area contributed by atoms with Crippen molar-refractivity contribution in [3.63, 3.8) is 0 Å². The van der Waals surface area contributed by atoms with Crippen molar-refractivity contribution < 1.29 is 14.3 Å². The van der Waals surface area contributed by atoms with Crippen LogP contribution in [-0.4, -0.2) is 41.1 Å². The summed E-state index contributed by atoms with van der Waals surface area (Å²) in [5, 5.41) is 0. The van der Waals surface area contributed by atoms with Gasteiger partial charge in [0.1, 0.15) is 11.4 Å². The maximum absolute atomic E-state index is 12.6. The van der Waals surface area contributed by atoms with E-state index in [4.69, 9.17) is 4.74 Å². The Kier molecular flexibility index (Phi) is 6.62. The molecule has 0 spiro atoms. The van der Waals surface area contributed by atoms with Crippen LogP contribution >= 0.6 is 0 Å². The molecular formula is C20H31N3O3. The van der Waals surface area contributed by atoms with Crippen LogP contribution in [0.1, 0.15) is 65.5 Å². The summed E-state index contributed by atoms with van der Waals surface area (Å²) in [5.74, 6) is 0.859. The number of carbonyl (C=O) groups is 2. The second kappa shape index (κ2) is 8.52. The lowest BCUT2D eigenvalue weighted by Gasteiger charge is -2.33. The number of anilines is 1. The number of hydrogen-bond donors (Lipinski definition) is 0. The van der Waals surface area contributed by atoms with E-state index in [0.29, 0.717) is 12.4 Å². The molecule has 1 saturated heterocycles. The summed E-state index contributed by atoms with van der Waals surface area (Å²) in [6.45, 7) is 11.0. The predicted octanol–water partition coefficient (Wildman–Crippen LogP) is 4.16. The first-order valence-corrected chi connectivity index (χ1v) is 9.39. The van der Waals surface area contributed by atoms with Gasteiger partial charge in [0.15, 0.2) is 0 Å². The number of piperidine rings is 1. The van der Waals surface area contributed by atoms with Gasteiger partial charge in [0.25, 0.3) is 0 Å². The van der Waals surface area contributed by atoms with Crippen LogP contribution in [0.4, 0.5) is 10.6 Å².